The number of amides is 1. The lowest BCUT2D eigenvalue weighted by molar-refractivity contribution is -0.156. The van der Waals surface area contributed by atoms with Crippen molar-refractivity contribution in [1.82, 2.24) is 10.3 Å². The summed E-state index contributed by atoms with van der Waals surface area (Å²) in [5.41, 5.74) is 1.10. The molecule has 0 atom stereocenters. The van der Waals surface area contributed by atoms with Crippen LogP contribution in [0.5, 0.6) is 5.75 Å². The van der Waals surface area contributed by atoms with E-state index in [-0.39, 0.29) is 12.2 Å². The molecule has 1 fully saturated rings. The highest BCUT2D eigenvalue weighted by atomic mass is 35.5. The fraction of sp³-hybridized carbons (Fsp3) is 0.192. The molecule has 1 aliphatic rings. The number of carbonyl (C=O) groups excluding carboxylic acids is 2. The van der Waals surface area contributed by atoms with Crippen molar-refractivity contribution in [2.45, 2.75) is 31.6 Å². The van der Waals surface area contributed by atoms with Gasteiger partial charge in [0.15, 0.2) is 5.72 Å². The first-order valence-electron chi connectivity index (χ1n) is 10.9. The van der Waals surface area contributed by atoms with E-state index in [0.717, 1.165) is 33.5 Å². The third kappa shape index (κ3) is 4.36. The van der Waals surface area contributed by atoms with Gasteiger partial charge < -0.3 is 14.8 Å². The SMILES string of the molecule is O=COC1(NC(=O)c2cc(Cl)c3ccccc3c2OCc2csc(-c3ccccc3)n2)CCC1. The summed E-state index contributed by atoms with van der Waals surface area (Å²) in [5.74, 6) is -0.000192. The van der Waals surface area contributed by atoms with E-state index in [1.54, 1.807) is 6.07 Å². The summed E-state index contributed by atoms with van der Waals surface area (Å²) in [6, 6.07) is 19.0. The van der Waals surface area contributed by atoms with Crippen molar-refractivity contribution in [3.63, 3.8) is 0 Å². The zero-order chi connectivity index (χ0) is 23.5. The summed E-state index contributed by atoms with van der Waals surface area (Å²) in [6.45, 7) is 0.558. The third-order valence-electron chi connectivity index (χ3n) is 5.90. The summed E-state index contributed by atoms with van der Waals surface area (Å²) in [6.07, 6.45) is 2.00. The lowest BCUT2D eigenvalue weighted by Gasteiger charge is -2.40. The van der Waals surface area contributed by atoms with Crippen LogP contribution in [0.25, 0.3) is 21.3 Å². The molecule has 1 aromatic heterocycles. The van der Waals surface area contributed by atoms with Crippen LogP contribution >= 0.6 is 22.9 Å². The zero-order valence-electron chi connectivity index (χ0n) is 18.1. The van der Waals surface area contributed by atoms with Gasteiger partial charge >= 0.3 is 0 Å². The van der Waals surface area contributed by atoms with Crippen LogP contribution in [0.4, 0.5) is 0 Å². The Bertz CT molecular complexity index is 1350. The number of benzene rings is 3. The summed E-state index contributed by atoms with van der Waals surface area (Å²) < 4.78 is 11.4. The first-order chi connectivity index (χ1) is 16.6. The summed E-state index contributed by atoms with van der Waals surface area (Å²) >= 11 is 8.05. The number of hydrogen-bond acceptors (Lipinski definition) is 6. The van der Waals surface area contributed by atoms with Crippen molar-refractivity contribution < 1.29 is 19.1 Å². The van der Waals surface area contributed by atoms with E-state index in [9.17, 15) is 9.59 Å². The van der Waals surface area contributed by atoms with Crippen molar-refractivity contribution in [3.05, 3.63) is 82.3 Å². The molecule has 4 aromatic rings. The van der Waals surface area contributed by atoms with Crippen LogP contribution in [0.3, 0.4) is 0 Å². The van der Waals surface area contributed by atoms with Gasteiger partial charge in [-0.25, -0.2) is 4.98 Å². The number of nitrogens with one attached hydrogen (secondary N) is 1. The second-order valence-electron chi connectivity index (χ2n) is 8.10. The molecule has 0 spiro atoms. The van der Waals surface area contributed by atoms with E-state index in [0.29, 0.717) is 30.1 Å². The number of thiazole rings is 1. The Morgan fingerprint density at radius 3 is 2.56 bits per heavy atom. The average molecular weight is 493 g/mol. The van der Waals surface area contributed by atoms with E-state index in [1.165, 1.54) is 11.3 Å². The molecule has 34 heavy (non-hydrogen) atoms. The molecule has 1 aliphatic carbocycles. The Balaban J connectivity index is 1.46. The number of hydrogen-bond donors (Lipinski definition) is 1. The van der Waals surface area contributed by atoms with Gasteiger partial charge in [-0.15, -0.1) is 11.3 Å². The van der Waals surface area contributed by atoms with E-state index in [4.69, 9.17) is 21.1 Å². The highest BCUT2D eigenvalue weighted by molar-refractivity contribution is 7.13. The van der Waals surface area contributed by atoms with E-state index in [1.807, 2.05) is 60.0 Å². The smallest absolute Gasteiger partial charge is 0.295 e. The van der Waals surface area contributed by atoms with Crippen molar-refractivity contribution in [3.8, 4) is 16.3 Å². The van der Waals surface area contributed by atoms with Crippen LogP contribution in [-0.4, -0.2) is 23.1 Å². The minimum absolute atomic E-state index is 0.186. The normalized spacial score (nSPS) is 14.3. The summed E-state index contributed by atoms with van der Waals surface area (Å²) in [7, 11) is 0. The van der Waals surface area contributed by atoms with E-state index < -0.39 is 11.6 Å². The molecule has 5 rings (SSSR count). The molecule has 1 saturated carbocycles. The first kappa shape index (κ1) is 22.4. The molecule has 1 amide bonds. The maximum absolute atomic E-state index is 13.3. The molecule has 172 valence electrons. The molecule has 8 heteroatoms. The lowest BCUT2D eigenvalue weighted by atomic mass is 9.87. The van der Waals surface area contributed by atoms with Gasteiger partial charge in [-0.05, 0) is 12.5 Å². The molecular formula is C26H21ClN2O4S. The Labute approximate surface area is 205 Å². The van der Waals surface area contributed by atoms with Gasteiger partial charge in [-0.3, -0.25) is 9.59 Å². The van der Waals surface area contributed by atoms with Gasteiger partial charge in [-0.1, -0.05) is 66.2 Å². The van der Waals surface area contributed by atoms with Gasteiger partial charge in [-0.2, -0.15) is 0 Å². The predicted molar refractivity (Wildman–Crippen MR) is 132 cm³/mol. The second kappa shape index (κ2) is 9.44. The monoisotopic (exact) mass is 492 g/mol. The number of fused-ring (bicyclic) bond motifs is 1. The Kier molecular flexibility index (Phi) is 6.22. The molecule has 0 aliphatic heterocycles. The van der Waals surface area contributed by atoms with Crippen LogP contribution in [0.1, 0.15) is 35.3 Å². The van der Waals surface area contributed by atoms with Crippen molar-refractivity contribution in [2.24, 2.45) is 0 Å². The van der Waals surface area contributed by atoms with Gasteiger partial charge in [0.1, 0.15) is 17.4 Å². The zero-order valence-corrected chi connectivity index (χ0v) is 19.7. The third-order valence-corrected chi connectivity index (χ3v) is 7.16. The van der Waals surface area contributed by atoms with Crippen LogP contribution in [-0.2, 0) is 16.1 Å². The number of rotatable bonds is 8. The largest absolute Gasteiger partial charge is 0.486 e. The number of nitrogens with zero attached hydrogens (tertiary/aromatic N) is 1. The second-order valence-corrected chi connectivity index (χ2v) is 9.36. The number of ether oxygens (including phenoxy) is 2. The van der Waals surface area contributed by atoms with E-state index >= 15 is 0 Å². The molecule has 0 bridgehead atoms. The molecular weight excluding hydrogens is 472 g/mol. The first-order valence-corrected chi connectivity index (χ1v) is 12.1. The molecule has 3 aromatic carbocycles. The highest BCUT2D eigenvalue weighted by Crippen LogP contribution is 2.38. The van der Waals surface area contributed by atoms with E-state index in [2.05, 4.69) is 10.3 Å². The molecule has 1 N–H and O–H groups in total. The van der Waals surface area contributed by atoms with Gasteiger partial charge in [0, 0.05) is 39.6 Å². The highest BCUT2D eigenvalue weighted by Gasteiger charge is 2.41. The Hall–Kier alpha value is -3.42. The molecule has 0 saturated heterocycles. The number of carbonyl (C=O) groups is 2. The standard InChI is InChI=1S/C26H21ClN2O4S/c27-22-13-21(24(31)29-26(33-16-30)11-6-12-26)23(20-10-5-4-9-19(20)22)32-14-18-15-34-25(28-18)17-7-2-1-3-8-17/h1-5,7-10,13,15-16H,6,11-12,14H2,(H,29,31). The summed E-state index contributed by atoms with van der Waals surface area (Å²) in [5, 5.41) is 7.64. The molecule has 0 unspecified atom stereocenters. The summed E-state index contributed by atoms with van der Waals surface area (Å²) in [4.78, 5) is 28.9. The van der Waals surface area contributed by atoms with Crippen molar-refractivity contribution in [2.75, 3.05) is 0 Å². The van der Waals surface area contributed by atoms with Crippen LogP contribution in [0.2, 0.25) is 5.02 Å². The molecule has 0 radical (unpaired) electrons. The maximum Gasteiger partial charge on any atom is 0.295 e. The minimum Gasteiger partial charge on any atom is -0.486 e. The van der Waals surface area contributed by atoms with Gasteiger partial charge in [0.25, 0.3) is 12.4 Å². The fourth-order valence-electron chi connectivity index (χ4n) is 4.00. The molecule has 1 heterocycles. The van der Waals surface area contributed by atoms with Crippen LogP contribution in [0.15, 0.2) is 66.0 Å². The average Bonchev–Trinajstić information content (AvgIpc) is 3.32. The van der Waals surface area contributed by atoms with Gasteiger partial charge in [0.2, 0.25) is 0 Å². The lowest BCUT2D eigenvalue weighted by Crippen LogP contribution is -2.55. The van der Waals surface area contributed by atoms with Crippen molar-refractivity contribution in [1.29, 1.82) is 0 Å². The molecule has 6 nitrogen and oxygen atoms in total. The fourth-order valence-corrected chi connectivity index (χ4v) is 5.08. The van der Waals surface area contributed by atoms with Crippen LogP contribution in [0, 0.1) is 0 Å². The Morgan fingerprint density at radius 2 is 1.85 bits per heavy atom. The van der Waals surface area contributed by atoms with Crippen molar-refractivity contribution >= 4 is 46.1 Å². The topological polar surface area (TPSA) is 77.5 Å². The quantitative estimate of drug-likeness (QED) is 0.242. The maximum atomic E-state index is 13.3. The number of aromatic nitrogens is 1. The Morgan fingerprint density at radius 1 is 1.12 bits per heavy atom. The minimum atomic E-state index is -0.978. The van der Waals surface area contributed by atoms with Gasteiger partial charge in [0.05, 0.1) is 11.3 Å². The van der Waals surface area contributed by atoms with Crippen LogP contribution < -0.4 is 10.1 Å². The number of halogens is 1. The predicted octanol–water partition coefficient (Wildman–Crippen LogP) is 5.98.